The lowest BCUT2D eigenvalue weighted by Gasteiger charge is -2.33. The number of carbonyl (C=O) groups excluding carboxylic acids is 1. The van der Waals surface area contributed by atoms with Crippen molar-refractivity contribution in [1.29, 1.82) is 0 Å². The van der Waals surface area contributed by atoms with E-state index in [0.29, 0.717) is 12.3 Å². The topological polar surface area (TPSA) is 23.6 Å². The fourth-order valence-corrected chi connectivity index (χ4v) is 3.81. The number of hydrogen-bond donors (Lipinski definition) is 0. The molecule has 0 bridgehead atoms. The minimum absolute atomic E-state index is 0.168. The standard InChI is InChI=1S/C23H29FN2O/c1-2-23(27)26(22-6-4-3-5-7-22)17-16-25-14-12-20(13-15-25)18-19-8-10-21(24)11-9-19/h3-11,20H,2,12-18H2,1H3. The fourth-order valence-electron chi connectivity index (χ4n) is 3.81. The van der Waals surface area contributed by atoms with Gasteiger partial charge < -0.3 is 9.80 Å². The van der Waals surface area contributed by atoms with Gasteiger partial charge in [-0.25, -0.2) is 4.39 Å². The third kappa shape index (κ3) is 5.64. The number of hydrogen-bond acceptors (Lipinski definition) is 2. The van der Waals surface area contributed by atoms with Gasteiger partial charge in [-0.1, -0.05) is 37.3 Å². The molecule has 0 spiro atoms. The van der Waals surface area contributed by atoms with Crippen molar-refractivity contribution in [3.05, 3.63) is 66.0 Å². The Hall–Kier alpha value is -2.20. The van der Waals surface area contributed by atoms with Gasteiger partial charge in [-0.2, -0.15) is 0 Å². The zero-order chi connectivity index (χ0) is 19.1. The van der Waals surface area contributed by atoms with Gasteiger partial charge in [0, 0.05) is 25.2 Å². The number of benzene rings is 2. The summed E-state index contributed by atoms with van der Waals surface area (Å²) in [6.45, 7) is 5.69. The molecule has 4 heteroatoms. The zero-order valence-corrected chi connectivity index (χ0v) is 16.1. The first-order chi connectivity index (χ1) is 13.2. The van der Waals surface area contributed by atoms with Crippen LogP contribution in [0.3, 0.4) is 0 Å². The Morgan fingerprint density at radius 1 is 1.07 bits per heavy atom. The smallest absolute Gasteiger partial charge is 0.226 e. The molecule has 3 nitrogen and oxygen atoms in total. The van der Waals surface area contributed by atoms with Crippen LogP contribution in [0.4, 0.5) is 10.1 Å². The maximum Gasteiger partial charge on any atom is 0.226 e. The quantitative estimate of drug-likeness (QED) is 0.717. The second-order valence-electron chi connectivity index (χ2n) is 7.35. The number of likely N-dealkylation sites (tertiary alicyclic amines) is 1. The summed E-state index contributed by atoms with van der Waals surface area (Å²) in [6, 6.07) is 16.8. The van der Waals surface area contributed by atoms with Gasteiger partial charge in [-0.15, -0.1) is 0 Å². The Kier molecular flexibility index (Phi) is 6.99. The summed E-state index contributed by atoms with van der Waals surface area (Å²) in [6.07, 6.45) is 3.86. The van der Waals surface area contributed by atoms with Crippen molar-refractivity contribution in [2.75, 3.05) is 31.1 Å². The zero-order valence-electron chi connectivity index (χ0n) is 16.1. The summed E-state index contributed by atoms with van der Waals surface area (Å²) in [4.78, 5) is 16.7. The maximum atomic E-state index is 13.0. The lowest BCUT2D eigenvalue weighted by atomic mass is 9.90. The van der Waals surface area contributed by atoms with Gasteiger partial charge in [-0.05, 0) is 68.1 Å². The molecule has 0 N–H and O–H groups in total. The van der Waals surface area contributed by atoms with Crippen molar-refractivity contribution < 1.29 is 9.18 Å². The maximum absolute atomic E-state index is 13.0. The second-order valence-corrected chi connectivity index (χ2v) is 7.35. The van der Waals surface area contributed by atoms with Gasteiger partial charge in [0.05, 0.1) is 0 Å². The summed E-state index contributed by atoms with van der Waals surface area (Å²) in [5.41, 5.74) is 2.20. The van der Waals surface area contributed by atoms with Crippen LogP contribution in [0.1, 0.15) is 31.7 Å². The van der Waals surface area contributed by atoms with E-state index >= 15 is 0 Å². The van der Waals surface area contributed by atoms with Crippen molar-refractivity contribution in [3.8, 4) is 0 Å². The van der Waals surface area contributed by atoms with Crippen LogP contribution in [0.25, 0.3) is 0 Å². The molecule has 0 aliphatic carbocycles. The molecular formula is C23H29FN2O. The summed E-state index contributed by atoms with van der Waals surface area (Å²) >= 11 is 0. The molecular weight excluding hydrogens is 339 g/mol. The Morgan fingerprint density at radius 3 is 2.37 bits per heavy atom. The van der Waals surface area contributed by atoms with Crippen molar-refractivity contribution in [2.24, 2.45) is 5.92 Å². The summed E-state index contributed by atoms with van der Waals surface area (Å²) < 4.78 is 13.0. The molecule has 3 rings (SSSR count). The lowest BCUT2D eigenvalue weighted by Crippen LogP contribution is -2.42. The van der Waals surface area contributed by atoms with Gasteiger partial charge in [0.25, 0.3) is 0 Å². The predicted octanol–water partition coefficient (Wildman–Crippen LogP) is 4.52. The minimum atomic E-state index is -0.168. The highest BCUT2D eigenvalue weighted by Gasteiger charge is 2.21. The van der Waals surface area contributed by atoms with E-state index in [1.165, 1.54) is 5.56 Å². The van der Waals surface area contributed by atoms with Crippen molar-refractivity contribution in [3.63, 3.8) is 0 Å². The van der Waals surface area contributed by atoms with Gasteiger partial charge in [0.2, 0.25) is 5.91 Å². The molecule has 0 radical (unpaired) electrons. The number of carbonyl (C=O) groups is 1. The Balaban J connectivity index is 1.48. The average Bonchev–Trinajstić information content (AvgIpc) is 2.71. The van der Waals surface area contributed by atoms with Crippen LogP contribution in [0, 0.1) is 11.7 Å². The van der Waals surface area contributed by atoms with E-state index < -0.39 is 0 Å². The number of para-hydroxylation sites is 1. The molecule has 2 aromatic rings. The SMILES string of the molecule is CCC(=O)N(CCN1CCC(Cc2ccc(F)cc2)CC1)c1ccccc1. The highest BCUT2D eigenvalue weighted by Crippen LogP contribution is 2.22. The molecule has 1 saturated heterocycles. The van der Waals surface area contributed by atoms with Crippen molar-refractivity contribution in [2.45, 2.75) is 32.6 Å². The first-order valence-corrected chi connectivity index (χ1v) is 9.98. The molecule has 1 aliphatic rings. The van der Waals surface area contributed by atoms with Crippen molar-refractivity contribution >= 4 is 11.6 Å². The average molecular weight is 368 g/mol. The van der Waals surface area contributed by atoms with E-state index in [2.05, 4.69) is 4.90 Å². The molecule has 1 aliphatic heterocycles. The molecule has 0 atom stereocenters. The molecule has 144 valence electrons. The van der Waals surface area contributed by atoms with Crippen LogP contribution in [0.15, 0.2) is 54.6 Å². The van der Waals surface area contributed by atoms with E-state index in [1.54, 1.807) is 12.1 Å². The summed E-state index contributed by atoms with van der Waals surface area (Å²) in [7, 11) is 0. The van der Waals surface area contributed by atoms with E-state index in [1.807, 2.05) is 54.3 Å². The predicted molar refractivity (Wildman–Crippen MR) is 108 cm³/mol. The largest absolute Gasteiger partial charge is 0.311 e. The monoisotopic (exact) mass is 368 g/mol. The van der Waals surface area contributed by atoms with Gasteiger partial charge in [-0.3, -0.25) is 4.79 Å². The van der Waals surface area contributed by atoms with Gasteiger partial charge in [0.1, 0.15) is 5.82 Å². The second kappa shape index (κ2) is 9.65. The molecule has 0 aromatic heterocycles. The molecule has 1 heterocycles. The number of halogens is 1. The van der Waals surface area contributed by atoms with E-state index in [4.69, 9.17) is 0 Å². The van der Waals surface area contributed by atoms with Crippen LogP contribution < -0.4 is 4.90 Å². The number of amides is 1. The van der Waals surface area contributed by atoms with Crippen LogP contribution in [-0.2, 0) is 11.2 Å². The Bertz CT molecular complexity index is 709. The van der Waals surface area contributed by atoms with E-state index in [9.17, 15) is 9.18 Å². The van der Waals surface area contributed by atoms with Crippen LogP contribution in [0.2, 0.25) is 0 Å². The first-order valence-electron chi connectivity index (χ1n) is 9.98. The normalized spacial score (nSPS) is 15.6. The third-order valence-corrected chi connectivity index (χ3v) is 5.46. The number of nitrogens with zero attached hydrogens (tertiary/aromatic N) is 2. The number of piperidine rings is 1. The van der Waals surface area contributed by atoms with Gasteiger partial charge in [0.15, 0.2) is 0 Å². The molecule has 1 fully saturated rings. The molecule has 2 aromatic carbocycles. The fraction of sp³-hybridized carbons (Fsp3) is 0.435. The Morgan fingerprint density at radius 2 is 1.74 bits per heavy atom. The van der Waals surface area contributed by atoms with E-state index in [-0.39, 0.29) is 11.7 Å². The molecule has 0 unspecified atom stereocenters. The molecule has 1 amide bonds. The first kappa shape index (κ1) is 19.6. The molecule has 27 heavy (non-hydrogen) atoms. The van der Waals surface area contributed by atoms with Gasteiger partial charge >= 0.3 is 0 Å². The number of anilines is 1. The van der Waals surface area contributed by atoms with E-state index in [0.717, 1.165) is 51.1 Å². The van der Waals surface area contributed by atoms with Crippen LogP contribution in [-0.4, -0.2) is 37.0 Å². The molecule has 0 saturated carbocycles. The Labute approximate surface area is 161 Å². The van der Waals surface area contributed by atoms with Crippen molar-refractivity contribution in [1.82, 2.24) is 4.90 Å². The lowest BCUT2D eigenvalue weighted by molar-refractivity contribution is -0.118. The summed E-state index contributed by atoms with van der Waals surface area (Å²) in [5, 5.41) is 0. The summed E-state index contributed by atoms with van der Waals surface area (Å²) in [5.74, 6) is 0.666. The minimum Gasteiger partial charge on any atom is -0.311 e. The highest BCUT2D eigenvalue weighted by atomic mass is 19.1. The van der Waals surface area contributed by atoms with Crippen LogP contribution in [0.5, 0.6) is 0 Å². The highest BCUT2D eigenvalue weighted by molar-refractivity contribution is 5.93. The third-order valence-electron chi connectivity index (χ3n) is 5.46. The number of rotatable bonds is 7. The van der Waals surface area contributed by atoms with Crippen LogP contribution >= 0.6 is 0 Å².